The maximum absolute atomic E-state index is 12.3. The number of hydrogen-bond acceptors (Lipinski definition) is 3. The second-order valence-corrected chi connectivity index (χ2v) is 6.16. The van der Waals surface area contributed by atoms with E-state index in [2.05, 4.69) is 20.5 Å². The standard InChI is InChI=1S/C18H15N5OS/c1-23-10-12(13-4-2-3-5-16(13)23)9-19-22-17(24)11-6-7-14-15(8-11)21-18(25)20-14/h2-10H,1H3,(H,22,24)(H2,20,21,25)/b19-9-. The first-order valence-electron chi connectivity index (χ1n) is 7.71. The number of carbonyl (C=O) groups excluding carboxylic acids is 1. The summed E-state index contributed by atoms with van der Waals surface area (Å²) in [6.07, 6.45) is 3.63. The predicted molar refractivity (Wildman–Crippen MR) is 101 cm³/mol. The molecule has 3 N–H and O–H groups in total. The molecule has 0 aliphatic rings. The van der Waals surface area contributed by atoms with Crippen LogP contribution in [0.15, 0.2) is 53.8 Å². The molecular weight excluding hydrogens is 334 g/mol. The van der Waals surface area contributed by atoms with Crippen LogP contribution in [0.1, 0.15) is 15.9 Å². The van der Waals surface area contributed by atoms with Crippen molar-refractivity contribution in [3.63, 3.8) is 0 Å². The average Bonchev–Trinajstić information content (AvgIpc) is 3.14. The number of aromatic nitrogens is 3. The summed E-state index contributed by atoms with van der Waals surface area (Å²) < 4.78 is 2.56. The van der Waals surface area contributed by atoms with Gasteiger partial charge >= 0.3 is 0 Å². The van der Waals surface area contributed by atoms with Gasteiger partial charge in [0, 0.05) is 35.3 Å². The van der Waals surface area contributed by atoms with E-state index in [-0.39, 0.29) is 5.91 Å². The van der Waals surface area contributed by atoms with Gasteiger partial charge in [0.15, 0.2) is 4.77 Å². The van der Waals surface area contributed by atoms with Crippen molar-refractivity contribution in [2.24, 2.45) is 12.1 Å². The second-order valence-electron chi connectivity index (χ2n) is 5.75. The van der Waals surface area contributed by atoms with Crippen LogP contribution in [0.3, 0.4) is 0 Å². The molecule has 2 aromatic heterocycles. The van der Waals surface area contributed by atoms with Crippen molar-refractivity contribution < 1.29 is 4.79 Å². The predicted octanol–water partition coefficient (Wildman–Crippen LogP) is 3.48. The lowest BCUT2D eigenvalue weighted by atomic mass is 10.2. The molecule has 0 unspecified atom stereocenters. The summed E-state index contributed by atoms with van der Waals surface area (Å²) in [5, 5.41) is 5.18. The molecule has 2 aromatic carbocycles. The highest BCUT2D eigenvalue weighted by molar-refractivity contribution is 7.71. The largest absolute Gasteiger partial charge is 0.350 e. The van der Waals surface area contributed by atoms with E-state index in [1.54, 1.807) is 18.3 Å². The van der Waals surface area contributed by atoms with Crippen molar-refractivity contribution in [3.8, 4) is 0 Å². The van der Waals surface area contributed by atoms with Crippen molar-refractivity contribution in [1.82, 2.24) is 20.0 Å². The first-order valence-corrected chi connectivity index (χ1v) is 8.12. The fourth-order valence-corrected chi connectivity index (χ4v) is 3.09. The van der Waals surface area contributed by atoms with Gasteiger partial charge in [-0.2, -0.15) is 5.10 Å². The van der Waals surface area contributed by atoms with Gasteiger partial charge < -0.3 is 14.5 Å². The maximum atomic E-state index is 12.3. The number of amides is 1. The van der Waals surface area contributed by atoms with E-state index in [0.29, 0.717) is 10.3 Å². The topological polar surface area (TPSA) is 78.0 Å². The van der Waals surface area contributed by atoms with Crippen LogP contribution in [0, 0.1) is 4.77 Å². The van der Waals surface area contributed by atoms with Gasteiger partial charge in [-0.15, -0.1) is 0 Å². The normalized spacial score (nSPS) is 11.6. The average molecular weight is 349 g/mol. The highest BCUT2D eigenvalue weighted by Crippen LogP contribution is 2.18. The van der Waals surface area contributed by atoms with Gasteiger partial charge in [0.05, 0.1) is 17.2 Å². The number of aryl methyl sites for hydroxylation is 1. The Labute approximate surface area is 148 Å². The Kier molecular flexibility index (Phi) is 3.70. The van der Waals surface area contributed by atoms with Gasteiger partial charge in [0.2, 0.25) is 0 Å². The summed E-state index contributed by atoms with van der Waals surface area (Å²) in [4.78, 5) is 18.3. The number of benzene rings is 2. The van der Waals surface area contributed by atoms with Crippen molar-refractivity contribution in [2.45, 2.75) is 0 Å². The van der Waals surface area contributed by atoms with E-state index in [4.69, 9.17) is 12.2 Å². The van der Waals surface area contributed by atoms with Gasteiger partial charge in [-0.3, -0.25) is 4.79 Å². The molecule has 0 aliphatic heterocycles. The molecular formula is C18H15N5OS. The van der Waals surface area contributed by atoms with Crippen LogP contribution >= 0.6 is 12.2 Å². The SMILES string of the molecule is Cn1cc(/C=N\NC(=O)c2ccc3[nH]c(=S)[nH]c3c2)c2ccccc21. The maximum Gasteiger partial charge on any atom is 0.271 e. The lowest BCUT2D eigenvalue weighted by molar-refractivity contribution is 0.0955. The summed E-state index contributed by atoms with van der Waals surface area (Å²) in [5.41, 5.74) is 6.78. The van der Waals surface area contributed by atoms with Gasteiger partial charge in [-0.1, -0.05) is 18.2 Å². The van der Waals surface area contributed by atoms with Crippen LogP contribution < -0.4 is 5.43 Å². The van der Waals surface area contributed by atoms with Gasteiger partial charge in [-0.05, 0) is 36.5 Å². The van der Waals surface area contributed by atoms with E-state index >= 15 is 0 Å². The third-order valence-corrected chi connectivity index (χ3v) is 4.28. The molecule has 25 heavy (non-hydrogen) atoms. The highest BCUT2D eigenvalue weighted by Gasteiger charge is 2.07. The molecule has 2 heterocycles. The number of fused-ring (bicyclic) bond motifs is 2. The first kappa shape index (κ1) is 15.3. The molecule has 4 aromatic rings. The van der Waals surface area contributed by atoms with Crippen molar-refractivity contribution in [1.29, 1.82) is 0 Å². The third-order valence-electron chi connectivity index (χ3n) is 4.08. The zero-order valence-corrected chi connectivity index (χ0v) is 14.2. The summed E-state index contributed by atoms with van der Waals surface area (Å²) >= 11 is 5.05. The van der Waals surface area contributed by atoms with Gasteiger partial charge in [-0.25, -0.2) is 5.43 Å². The number of nitrogens with zero attached hydrogens (tertiary/aromatic N) is 2. The van der Waals surface area contributed by atoms with E-state index < -0.39 is 0 Å². The molecule has 0 aliphatic carbocycles. The van der Waals surface area contributed by atoms with Crippen LogP contribution in [-0.4, -0.2) is 26.7 Å². The molecule has 0 fully saturated rings. The van der Waals surface area contributed by atoms with Gasteiger partial charge in [0.25, 0.3) is 5.91 Å². The molecule has 6 nitrogen and oxygen atoms in total. The number of carbonyl (C=O) groups is 1. The van der Waals surface area contributed by atoms with Crippen LogP contribution in [0.25, 0.3) is 21.9 Å². The molecule has 0 saturated carbocycles. The molecule has 7 heteroatoms. The number of hydrazone groups is 1. The Bertz CT molecular complexity index is 1180. The minimum Gasteiger partial charge on any atom is -0.350 e. The molecule has 124 valence electrons. The van der Waals surface area contributed by atoms with Gasteiger partial charge in [0.1, 0.15) is 0 Å². The van der Waals surface area contributed by atoms with Crippen molar-refractivity contribution in [2.75, 3.05) is 0 Å². The van der Waals surface area contributed by atoms with E-state index in [9.17, 15) is 4.79 Å². The number of nitrogens with one attached hydrogen (secondary N) is 3. The summed E-state index contributed by atoms with van der Waals surface area (Å²) in [5.74, 6) is -0.279. The van der Waals surface area contributed by atoms with Crippen LogP contribution in [0.5, 0.6) is 0 Å². The van der Waals surface area contributed by atoms with Crippen molar-refractivity contribution in [3.05, 3.63) is 64.6 Å². The molecule has 0 bridgehead atoms. The highest BCUT2D eigenvalue weighted by atomic mass is 32.1. The second kappa shape index (κ2) is 6.03. The molecule has 0 atom stereocenters. The monoisotopic (exact) mass is 349 g/mol. The van der Waals surface area contributed by atoms with E-state index in [0.717, 1.165) is 27.5 Å². The molecule has 0 radical (unpaired) electrons. The Hall–Kier alpha value is -3.19. The lowest BCUT2D eigenvalue weighted by Gasteiger charge is -1.99. The fourth-order valence-electron chi connectivity index (χ4n) is 2.87. The number of aromatic amines is 2. The smallest absolute Gasteiger partial charge is 0.271 e. The Morgan fingerprint density at radius 1 is 1.20 bits per heavy atom. The first-order chi connectivity index (χ1) is 12.1. The Morgan fingerprint density at radius 2 is 2.00 bits per heavy atom. The Morgan fingerprint density at radius 3 is 2.88 bits per heavy atom. The number of hydrogen-bond donors (Lipinski definition) is 3. The number of para-hydroxylation sites is 1. The Balaban J connectivity index is 1.55. The molecule has 0 saturated heterocycles. The molecule has 1 amide bonds. The third kappa shape index (κ3) is 2.85. The molecule has 4 rings (SSSR count). The van der Waals surface area contributed by atoms with Crippen LogP contribution in [0.2, 0.25) is 0 Å². The summed E-state index contributed by atoms with van der Waals surface area (Å²) in [7, 11) is 1.98. The number of rotatable bonds is 3. The number of imidazole rings is 1. The summed E-state index contributed by atoms with van der Waals surface area (Å²) in [6, 6.07) is 13.3. The summed E-state index contributed by atoms with van der Waals surface area (Å²) in [6.45, 7) is 0. The van der Waals surface area contributed by atoms with E-state index in [1.165, 1.54) is 0 Å². The zero-order chi connectivity index (χ0) is 17.4. The van der Waals surface area contributed by atoms with Crippen molar-refractivity contribution >= 4 is 46.3 Å². The minimum atomic E-state index is -0.279. The van der Waals surface area contributed by atoms with E-state index in [1.807, 2.05) is 48.1 Å². The minimum absolute atomic E-state index is 0.279. The number of H-pyrrole nitrogens is 2. The zero-order valence-electron chi connectivity index (χ0n) is 13.4. The van der Waals surface area contributed by atoms with Crippen LogP contribution in [-0.2, 0) is 7.05 Å². The molecule has 0 spiro atoms. The van der Waals surface area contributed by atoms with Crippen LogP contribution in [0.4, 0.5) is 0 Å². The lowest BCUT2D eigenvalue weighted by Crippen LogP contribution is -2.17. The fraction of sp³-hybridized carbons (Fsp3) is 0.0556. The quantitative estimate of drug-likeness (QED) is 0.301.